The second kappa shape index (κ2) is 5.64. The van der Waals surface area contributed by atoms with Crippen molar-refractivity contribution in [1.29, 1.82) is 0 Å². The Morgan fingerprint density at radius 2 is 2.17 bits per heavy atom. The number of carbonyl (C=O) groups excluding carboxylic acids is 1. The molecular weight excluding hydrogens is 324 g/mol. The number of nitrogens with zero attached hydrogens (tertiary/aromatic N) is 6. The van der Waals surface area contributed by atoms with Crippen LogP contribution < -0.4 is 0 Å². The molecule has 0 bridgehead atoms. The van der Waals surface area contributed by atoms with E-state index >= 15 is 0 Å². The standard InChI is InChI=1S/C16H14N6OS/c1-10-8-24-15(19-10)4-14(23)13-3-11(12-5-18-21(2)6-12)7-22-9-17-20-16(13)22/h3,5-9H,4H2,1-2H3. The number of carbonyl (C=O) groups is 1. The van der Waals surface area contributed by atoms with E-state index in [0.29, 0.717) is 11.2 Å². The van der Waals surface area contributed by atoms with Crippen LogP contribution in [0.25, 0.3) is 16.8 Å². The maximum Gasteiger partial charge on any atom is 0.173 e. The first kappa shape index (κ1) is 14.7. The highest BCUT2D eigenvalue weighted by molar-refractivity contribution is 7.09. The van der Waals surface area contributed by atoms with Crippen molar-refractivity contribution in [3.63, 3.8) is 0 Å². The third-order valence-corrected chi connectivity index (χ3v) is 4.68. The third kappa shape index (κ3) is 2.61. The smallest absolute Gasteiger partial charge is 0.173 e. The van der Waals surface area contributed by atoms with Gasteiger partial charge in [0, 0.05) is 41.6 Å². The molecular formula is C16H14N6OS. The van der Waals surface area contributed by atoms with Crippen LogP contribution in [0.4, 0.5) is 0 Å². The molecule has 120 valence electrons. The summed E-state index contributed by atoms with van der Waals surface area (Å²) in [5.74, 6) is -0.0203. The molecule has 4 heterocycles. The van der Waals surface area contributed by atoms with Crippen LogP contribution >= 0.6 is 11.3 Å². The minimum absolute atomic E-state index is 0.0203. The van der Waals surface area contributed by atoms with Gasteiger partial charge >= 0.3 is 0 Å². The van der Waals surface area contributed by atoms with Gasteiger partial charge in [-0.25, -0.2) is 4.98 Å². The average molecular weight is 338 g/mol. The number of rotatable bonds is 4. The molecule has 0 saturated carbocycles. The van der Waals surface area contributed by atoms with Crippen molar-refractivity contribution in [2.45, 2.75) is 13.3 Å². The Bertz CT molecular complexity index is 1040. The Morgan fingerprint density at radius 1 is 1.29 bits per heavy atom. The topological polar surface area (TPSA) is 78.0 Å². The summed E-state index contributed by atoms with van der Waals surface area (Å²) >= 11 is 1.50. The van der Waals surface area contributed by atoms with E-state index in [1.807, 2.05) is 37.8 Å². The van der Waals surface area contributed by atoms with Gasteiger partial charge in [0.1, 0.15) is 11.3 Å². The molecule has 0 aliphatic heterocycles. The lowest BCUT2D eigenvalue weighted by atomic mass is 10.0. The molecule has 0 aliphatic carbocycles. The molecule has 7 nitrogen and oxygen atoms in total. The highest BCUT2D eigenvalue weighted by atomic mass is 32.1. The zero-order valence-corrected chi connectivity index (χ0v) is 14.0. The average Bonchev–Trinajstić information content (AvgIpc) is 3.27. The van der Waals surface area contributed by atoms with Gasteiger partial charge in [-0.2, -0.15) is 5.10 Å². The molecule has 0 fully saturated rings. The largest absolute Gasteiger partial charge is 0.294 e. The predicted octanol–water partition coefficient (Wildman–Crippen LogP) is 2.32. The van der Waals surface area contributed by atoms with Crippen molar-refractivity contribution in [1.82, 2.24) is 29.4 Å². The summed E-state index contributed by atoms with van der Waals surface area (Å²) in [4.78, 5) is 17.2. The predicted molar refractivity (Wildman–Crippen MR) is 90.1 cm³/mol. The van der Waals surface area contributed by atoms with Gasteiger partial charge in [0.15, 0.2) is 11.4 Å². The summed E-state index contributed by atoms with van der Waals surface area (Å²) in [6.45, 7) is 1.92. The Kier molecular flexibility index (Phi) is 3.46. The van der Waals surface area contributed by atoms with Gasteiger partial charge in [0.05, 0.1) is 18.2 Å². The minimum atomic E-state index is -0.0203. The fourth-order valence-electron chi connectivity index (χ4n) is 2.59. The quantitative estimate of drug-likeness (QED) is 0.534. The van der Waals surface area contributed by atoms with Gasteiger partial charge in [-0.05, 0) is 13.0 Å². The summed E-state index contributed by atoms with van der Waals surface area (Å²) < 4.78 is 3.49. The van der Waals surface area contributed by atoms with Crippen LogP contribution in [-0.2, 0) is 13.5 Å². The minimum Gasteiger partial charge on any atom is -0.294 e. The Morgan fingerprint density at radius 3 is 2.88 bits per heavy atom. The molecule has 8 heteroatoms. The highest BCUT2D eigenvalue weighted by Gasteiger charge is 2.17. The zero-order chi connectivity index (χ0) is 16.7. The number of pyridine rings is 1. The van der Waals surface area contributed by atoms with E-state index in [0.717, 1.165) is 21.8 Å². The first-order valence-corrected chi connectivity index (χ1v) is 8.25. The van der Waals surface area contributed by atoms with Crippen LogP contribution in [-0.4, -0.2) is 35.1 Å². The SMILES string of the molecule is Cc1csc(CC(=O)c2cc(-c3cnn(C)c3)cn3cnnc23)n1. The molecule has 0 unspecified atom stereocenters. The van der Waals surface area contributed by atoms with Crippen LogP contribution in [0.3, 0.4) is 0 Å². The summed E-state index contributed by atoms with van der Waals surface area (Å²) in [6.07, 6.45) is 7.43. The Balaban J connectivity index is 1.78. The van der Waals surface area contributed by atoms with E-state index in [1.54, 1.807) is 21.6 Å². The van der Waals surface area contributed by atoms with Gasteiger partial charge < -0.3 is 0 Å². The summed E-state index contributed by atoms with van der Waals surface area (Å²) in [5.41, 5.74) is 3.86. The lowest BCUT2D eigenvalue weighted by molar-refractivity contribution is 0.0994. The van der Waals surface area contributed by atoms with Crippen molar-refractivity contribution in [2.24, 2.45) is 7.05 Å². The zero-order valence-electron chi connectivity index (χ0n) is 13.2. The van der Waals surface area contributed by atoms with Crippen LogP contribution in [0, 0.1) is 6.92 Å². The maximum atomic E-state index is 12.8. The fraction of sp³-hybridized carbons (Fsp3) is 0.188. The summed E-state index contributed by atoms with van der Waals surface area (Å²) in [6, 6.07) is 1.85. The Labute approximate surface area is 141 Å². The molecule has 0 radical (unpaired) electrons. The molecule has 4 rings (SSSR count). The number of ketones is 1. The Hall–Kier alpha value is -2.87. The van der Waals surface area contributed by atoms with Gasteiger partial charge in [0.25, 0.3) is 0 Å². The molecule has 0 spiro atoms. The fourth-order valence-corrected chi connectivity index (χ4v) is 3.36. The molecule has 0 saturated heterocycles. The summed E-state index contributed by atoms with van der Waals surface area (Å²) in [7, 11) is 1.86. The monoisotopic (exact) mass is 338 g/mol. The number of hydrogen-bond donors (Lipinski definition) is 0. The molecule has 4 aromatic heterocycles. The van der Waals surface area contributed by atoms with E-state index in [-0.39, 0.29) is 12.2 Å². The van der Waals surface area contributed by atoms with E-state index in [4.69, 9.17) is 0 Å². The van der Waals surface area contributed by atoms with Gasteiger partial charge in [-0.1, -0.05) is 0 Å². The normalized spacial score (nSPS) is 11.2. The number of fused-ring (bicyclic) bond motifs is 1. The van der Waals surface area contributed by atoms with E-state index in [1.165, 1.54) is 11.3 Å². The van der Waals surface area contributed by atoms with E-state index in [2.05, 4.69) is 20.3 Å². The molecule has 0 aromatic carbocycles. The van der Waals surface area contributed by atoms with Crippen molar-refractivity contribution >= 4 is 22.8 Å². The van der Waals surface area contributed by atoms with Gasteiger partial charge in [0.2, 0.25) is 0 Å². The molecule has 4 aromatic rings. The lowest BCUT2D eigenvalue weighted by Crippen LogP contribution is -2.06. The van der Waals surface area contributed by atoms with Crippen LogP contribution in [0.15, 0.2) is 36.4 Å². The van der Waals surface area contributed by atoms with Crippen molar-refractivity contribution < 1.29 is 4.79 Å². The molecule has 0 atom stereocenters. The van der Waals surface area contributed by atoms with Crippen molar-refractivity contribution in [2.75, 3.05) is 0 Å². The molecule has 24 heavy (non-hydrogen) atoms. The van der Waals surface area contributed by atoms with Crippen molar-refractivity contribution in [3.8, 4) is 11.1 Å². The second-order valence-corrected chi connectivity index (χ2v) is 6.53. The second-order valence-electron chi connectivity index (χ2n) is 5.59. The maximum absolute atomic E-state index is 12.8. The third-order valence-electron chi connectivity index (χ3n) is 3.71. The molecule has 0 amide bonds. The van der Waals surface area contributed by atoms with Gasteiger partial charge in [-0.3, -0.25) is 13.9 Å². The number of aromatic nitrogens is 6. The number of aryl methyl sites for hydroxylation is 2. The lowest BCUT2D eigenvalue weighted by Gasteiger charge is -2.05. The van der Waals surface area contributed by atoms with Gasteiger partial charge in [-0.15, -0.1) is 21.5 Å². The number of hydrogen-bond acceptors (Lipinski definition) is 6. The van der Waals surface area contributed by atoms with Crippen LogP contribution in [0.5, 0.6) is 0 Å². The molecule has 0 N–H and O–H groups in total. The van der Waals surface area contributed by atoms with E-state index < -0.39 is 0 Å². The van der Waals surface area contributed by atoms with Crippen molar-refractivity contribution in [3.05, 3.63) is 52.6 Å². The first-order chi connectivity index (χ1) is 11.6. The first-order valence-electron chi connectivity index (χ1n) is 7.37. The van der Waals surface area contributed by atoms with Crippen LogP contribution in [0.1, 0.15) is 21.1 Å². The van der Waals surface area contributed by atoms with Crippen LogP contribution in [0.2, 0.25) is 0 Å². The summed E-state index contributed by atoms with van der Waals surface area (Å²) in [5, 5.41) is 14.9. The number of Topliss-reactive ketones (excluding diaryl/α,β-unsaturated/α-hetero) is 1. The van der Waals surface area contributed by atoms with E-state index in [9.17, 15) is 4.79 Å². The number of thiazole rings is 1. The molecule has 0 aliphatic rings. The highest BCUT2D eigenvalue weighted by Crippen LogP contribution is 2.23.